The zero-order chi connectivity index (χ0) is 9.72. The standard InChI is InChI=1S/C8H11NO3/c1-3-6(7(9)10)4-5(2)8(11)12/h3-4,6H,1H2,2H3,(H2,9,10)(H,11,12). The summed E-state index contributed by atoms with van der Waals surface area (Å²) in [5.74, 6) is -2.38. The number of amides is 1. The molecule has 0 rings (SSSR count). The van der Waals surface area contributed by atoms with Crippen LogP contribution in [0.1, 0.15) is 6.92 Å². The Morgan fingerprint density at radius 3 is 2.33 bits per heavy atom. The van der Waals surface area contributed by atoms with E-state index in [2.05, 4.69) is 6.58 Å². The second-order valence-corrected chi connectivity index (χ2v) is 2.32. The normalized spacial score (nSPS) is 13.6. The van der Waals surface area contributed by atoms with Gasteiger partial charge in [0.1, 0.15) is 0 Å². The molecule has 0 aromatic rings. The lowest BCUT2D eigenvalue weighted by atomic mass is 10.1. The fourth-order valence-electron chi connectivity index (χ4n) is 0.607. The Kier molecular flexibility index (Phi) is 3.76. The molecule has 4 nitrogen and oxygen atoms in total. The monoisotopic (exact) mass is 169 g/mol. The van der Waals surface area contributed by atoms with Crippen molar-refractivity contribution in [3.05, 3.63) is 24.3 Å². The van der Waals surface area contributed by atoms with E-state index in [4.69, 9.17) is 10.8 Å². The maximum absolute atomic E-state index is 10.6. The van der Waals surface area contributed by atoms with Gasteiger partial charge in [-0.15, -0.1) is 6.58 Å². The van der Waals surface area contributed by atoms with Gasteiger partial charge < -0.3 is 10.8 Å². The van der Waals surface area contributed by atoms with Crippen LogP contribution in [0.15, 0.2) is 24.3 Å². The predicted octanol–water partition coefficient (Wildman–Crippen LogP) is 0.305. The maximum Gasteiger partial charge on any atom is 0.330 e. The molecule has 0 heterocycles. The first kappa shape index (κ1) is 10.4. The van der Waals surface area contributed by atoms with Gasteiger partial charge in [0, 0.05) is 5.57 Å². The van der Waals surface area contributed by atoms with Crippen molar-refractivity contribution in [1.82, 2.24) is 0 Å². The van der Waals surface area contributed by atoms with Crippen molar-refractivity contribution in [3.8, 4) is 0 Å². The highest BCUT2D eigenvalue weighted by Gasteiger charge is 2.09. The summed E-state index contributed by atoms with van der Waals surface area (Å²) in [5.41, 5.74) is 5.03. The first-order valence-electron chi connectivity index (χ1n) is 3.32. The first-order chi connectivity index (χ1) is 5.49. The zero-order valence-corrected chi connectivity index (χ0v) is 6.78. The Morgan fingerprint density at radius 2 is 2.08 bits per heavy atom. The minimum atomic E-state index is -1.07. The summed E-state index contributed by atoms with van der Waals surface area (Å²) in [5, 5.41) is 8.45. The van der Waals surface area contributed by atoms with Gasteiger partial charge in [0.05, 0.1) is 5.92 Å². The number of hydrogen-bond donors (Lipinski definition) is 2. The Labute approximate surface area is 70.4 Å². The number of carbonyl (C=O) groups is 2. The number of carboxylic acids is 1. The van der Waals surface area contributed by atoms with Gasteiger partial charge in [-0.05, 0) is 6.92 Å². The van der Waals surface area contributed by atoms with E-state index in [9.17, 15) is 9.59 Å². The molecule has 4 heteroatoms. The molecule has 0 saturated carbocycles. The largest absolute Gasteiger partial charge is 0.478 e. The van der Waals surface area contributed by atoms with E-state index >= 15 is 0 Å². The Bertz CT molecular complexity index is 243. The Balaban J connectivity index is 4.57. The zero-order valence-electron chi connectivity index (χ0n) is 6.78. The average molecular weight is 169 g/mol. The number of aliphatic carboxylic acids is 1. The maximum atomic E-state index is 10.6. The topological polar surface area (TPSA) is 80.4 Å². The smallest absolute Gasteiger partial charge is 0.330 e. The van der Waals surface area contributed by atoms with Gasteiger partial charge in [-0.25, -0.2) is 4.79 Å². The molecule has 0 bridgehead atoms. The summed E-state index contributed by atoms with van der Waals surface area (Å²) in [6.45, 7) is 4.75. The van der Waals surface area contributed by atoms with Crippen molar-refractivity contribution in [2.75, 3.05) is 0 Å². The van der Waals surface area contributed by atoms with E-state index in [-0.39, 0.29) is 5.57 Å². The number of carbonyl (C=O) groups excluding carboxylic acids is 1. The average Bonchev–Trinajstić information content (AvgIpc) is 1.98. The van der Waals surface area contributed by atoms with Gasteiger partial charge in [0.2, 0.25) is 5.91 Å². The number of primary amides is 1. The van der Waals surface area contributed by atoms with Crippen LogP contribution in [0.25, 0.3) is 0 Å². The van der Waals surface area contributed by atoms with Crippen molar-refractivity contribution < 1.29 is 14.7 Å². The van der Waals surface area contributed by atoms with Gasteiger partial charge in [-0.2, -0.15) is 0 Å². The van der Waals surface area contributed by atoms with Crippen LogP contribution in [-0.2, 0) is 9.59 Å². The number of rotatable bonds is 4. The third-order valence-corrected chi connectivity index (χ3v) is 1.35. The van der Waals surface area contributed by atoms with Gasteiger partial charge in [0.25, 0.3) is 0 Å². The summed E-state index contributed by atoms with van der Waals surface area (Å²) in [7, 11) is 0. The Morgan fingerprint density at radius 1 is 1.58 bits per heavy atom. The van der Waals surface area contributed by atoms with Gasteiger partial charge in [0.15, 0.2) is 0 Å². The van der Waals surface area contributed by atoms with E-state index in [1.54, 1.807) is 0 Å². The van der Waals surface area contributed by atoms with Crippen LogP contribution in [0.3, 0.4) is 0 Å². The second kappa shape index (κ2) is 4.33. The van der Waals surface area contributed by atoms with Gasteiger partial charge in [-0.3, -0.25) is 4.79 Å². The lowest BCUT2D eigenvalue weighted by Crippen LogP contribution is -2.20. The fourth-order valence-corrected chi connectivity index (χ4v) is 0.607. The molecular formula is C8H11NO3. The lowest BCUT2D eigenvalue weighted by molar-refractivity contribution is -0.132. The van der Waals surface area contributed by atoms with E-state index in [1.165, 1.54) is 19.1 Å². The molecule has 66 valence electrons. The minimum absolute atomic E-state index is 0.0821. The Hall–Kier alpha value is -1.58. The molecule has 0 spiro atoms. The van der Waals surface area contributed by atoms with E-state index < -0.39 is 17.8 Å². The van der Waals surface area contributed by atoms with Crippen molar-refractivity contribution >= 4 is 11.9 Å². The lowest BCUT2D eigenvalue weighted by Gasteiger charge is -2.01. The molecule has 0 aliphatic heterocycles. The van der Waals surface area contributed by atoms with Gasteiger partial charge >= 0.3 is 5.97 Å². The third-order valence-electron chi connectivity index (χ3n) is 1.35. The van der Waals surface area contributed by atoms with Crippen LogP contribution in [0.2, 0.25) is 0 Å². The quantitative estimate of drug-likeness (QED) is 0.469. The van der Waals surface area contributed by atoms with E-state index in [1.807, 2.05) is 0 Å². The molecule has 0 aromatic heterocycles. The van der Waals surface area contributed by atoms with Crippen molar-refractivity contribution in [2.45, 2.75) is 6.92 Å². The summed E-state index contributed by atoms with van der Waals surface area (Å²) >= 11 is 0. The van der Waals surface area contributed by atoms with Crippen LogP contribution < -0.4 is 5.73 Å². The highest BCUT2D eigenvalue weighted by Crippen LogP contribution is 2.04. The summed E-state index contributed by atoms with van der Waals surface area (Å²) in [4.78, 5) is 20.9. The van der Waals surface area contributed by atoms with Crippen LogP contribution >= 0.6 is 0 Å². The second-order valence-electron chi connectivity index (χ2n) is 2.32. The van der Waals surface area contributed by atoms with Crippen LogP contribution in [0, 0.1) is 5.92 Å². The predicted molar refractivity (Wildman–Crippen MR) is 44.3 cm³/mol. The van der Waals surface area contributed by atoms with E-state index in [0.717, 1.165) is 0 Å². The van der Waals surface area contributed by atoms with Crippen LogP contribution in [-0.4, -0.2) is 17.0 Å². The summed E-state index contributed by atoms with van der Waals surface area (Å²) in [6, 6.07) is 0. The molecule has 0 radical (unpaired) electrons. The molecule has 0 saturated heterocycles. The van der Waals surface area contributed by atoms with Crippen molar-refractivity contribution in [2.24, 2.45) is 11.7 Å². The highest BCUT2D eigenvalue weighted by molar-refractivity contribution is 5.88. The fraction of sp³-hybridized carbons (Fsp3) is 0.250. The van der Waals surface area contributed by atoms with Crippen molar-refractivity contribution in [1.29, 1.82) is 0 Å². The third kappa shape index (κ3) is 3.01. The highest BCUT2D eigenvalue weighted by atomic mass is 16.4. The van der Waals surface area contributed by atoms with E-state index in [0.29, 0.717) is 0 Å². The molecule has 1 atom stereocenters. The summed E-state index contributed by atoms with van der Waals surface area (Å²) < 4.78 is 0. The van der Waals surface area contributed by atoms with Crippen LogP contribution in [0.4, 0.5) is 0 Å². The number of carboxylic acid groups (broad SMARTS) is 1. The molecule has 3 N–H and O–H groups in total. The molecule has 0 aromatic carbocycles. The number of nitrogens with two attached hydrogens (primary N) is 1. The van der Waals surface area contributed by atoms with Crippen LogP contribution in [0.5, 0.6) is 0 Å². The molecular weight excluding hydrogens is 158 g/mol. The molecule has 0 aliphatic rings. The minimum Gasteiger partial charge on any atom is -0.478 e. The summed E-state index contributed by atoms with van der Waals surface area (Å²) in [6.07, 6.45) is 2.56. The molecule has 0 aliphatic carbocycles. The van der Waals surface area contributed by atoms with Gasteiger partial charge in [-0.1, -0.05) is 12.2 Å². The SMILES string of the molecule is C=CC(C=C(C)C(=O)O)C(N)=O. The molecule has 0 fully saturated rings. The first-order valence-corrected chi connectivity index (χ1v) is 3.32. The van der Waals surface area contributed by atoms with Crippen molar-refractivity contribution in [3.63, 3.8) is 0 Å². The molecule has 1 amide bonds. The molecule has 1 unspecified atom stereocenters. The number of hydrogen-bond acceptors (Lipinski definition) is 2. The molecule has 12 heavy (non-hydrogen) atoms.